The fourth-order valence-electron chi connectivity index (χ4n) is 0.608. The highest BCUT2D eigenvalue weighted by atomic mass is 32.2. The number of hydrogen-bond donors (Lipinski definition) is 0. The van der Waals surface area contributed by atoms with Crippen molar-refractivity contribution in [1.29, 1.82) is 0 Å². The number of carbonyl (C=O) groups is 1. The van der Waals surface area contributed by atoms with E-state index >= 15 is 0 Å². The summed E-state index contributed by atoms with van der Waals surface area (Å²) in [6, 6.07) is 0. The summed E-state index contributed by atoms with van der Waals surface area (Å²) in [6.07, 6.45) is 2.39. The van der Waals surface area contributed by atoms with Gasteiger partial charge in [-0.2, -0.15) is 0 Å². The Morgan fingerprint density at radius 1 is 1.60 bits per heavy atom. The molecule has 2 heteroatoms. The average Bonchev–Trinajstić information content (AvgIpc) is 1.87. The first-order valence-corrected chi connectivity index (χ1v) is 4.78. The molecule has 1 nitrogen and oxygen atoms in total. The van der Waals surface area contributed by atoms with Crippen LogP contribution in [0.4, 0.5) is 0 Å². The molecule has 0 aromatic rings. The molecule has 0 radical (unpaired) electrons. The zero-order chi connectivity index (χ0) is 7.98. The summed E-state index contributed by atoms with van der Waals surface area (Å²) >= 11 is 1.44. The smallest absolute Gasteiger partial charge is 0.185 e. The van der Waals surface area contributed by atoms with Crippen LogP contribution in [0.1, 0.15) is 33.6 Å². The Labute approximate surface area is 67.6 Å². The van der Waals surface area contributed by atoms with Crippen LogP contribution in [0.15, 0.2) is 0 Å². The molecule has 10 heavy (non-hydrogen) atoms. The highest BCUT2D eigenvalue weighted by molar-refractivity contribution is 8.13. The zero-order valence-electron chi connectivity index (χ0n) is 7.02. The third-order valence-electron chi connectivity index (χ3n) is 1.61. The van der Waals surface area contributed by atoms with Gasteiger partial charge in [0.25, 0.3) is 0 Å². The molecule has 0 rings (SSSR count). The van der Waals surface area contributed by atoms with Crippen LogP contribution < -0.4 is 0 Å². The summed E-state index contributed by atoms with van der Waals surface area (Å²) in [5.41, 5.74) is 0. The van der Waals surface area contributed by atoms with E-state index in [1.54, 1.807) is 6.92 Å². The van der Waals surface area contributed by atoms with E-state index in [9.17, 15) is 4.79 Å². The van der Waals surface area contributed by atoms with Crippen molar-refractivity contribution in [2.75, 3.05) is 5.75 Å². The van der Waals surface area contributed by atoms with Gasteiger partial charge in [0, 0.05) is 12.7 Å². The van der Waals surface area contributed by atoms with Crippen LogP contribution in [0.2, 0.25) is 0 Å². The number of carbonyl (C=O) groups excluding carboxylic acids is 1. The Bertz CT molecular complexity index is 101. The van der Waals surface area contributed by atoms with Crippen molar-refractivity contribution in [2.45, 2.75) is 33.6 Å². The Balaban J connectivity index is 3.11. The molecular formula is C8H16OS. The van der Waals surface area contributed by atoms with Gasteiger partial charge < -0.3 is 0 Å². The largest absolute Gasteiger partial charge is 0.288 e. The van der Waals surface area contributed by atoms with Crippen LogP contribution in [0.3, 0.4) is 0 Å². The Morgan fingerprint density at radius 3 is 2.60 bits per heavy atom. The number of thioether (sulfide) groups is 1. The Hall–Kier alpha value is 0.0200. The second-order valence-electron chi connectivity index (χ2n) is 2.64. The molecule has 1 unspecified atom stereocenters. The second-order valence-corrected chi connectivity index (χ2v) is 3.91. The molecule has 0 aliphatic rings. The quantitative estimate of drug-likeness (QED) is 0.629. The van der Waals surface area contributed by atoms with E-state index in [0.717, 1.165) is 11.7 Å². The molecule has 0 N–H and O–H groups in total. The first-order valence-electron chi connectivity index (χ1n) is 3.80. The van der Waals surface area contributed by atoms with E-state index < -0.39 is 0 Å². The summed E-state index contributed by atoms with van der Waals surface area (Å²) in [4.78, 5) is 10.5. The van der Waals surface area contributed by atoms with Crippen molar-refractivity contribution < 1.29 is 4.79 Å². The standard InChI is InChI=1S/C8H16OS/c1-4-7(2)5-6-10-8(3)9/h7H,4-6H2,1-3H3. The molecule has 0 saturated heterocycles. The van der Waals surface area contributed by atoms with E-state index in [4.69, 9.17) is 0 Å². The molecule has 0 spiro atoms. The maximum absolute atomic E-state index is 10.5. The molecule has 1 atom stereocenters. The zero-order valence-corrected chi connectivity index (χ0v) is 7.83. The molecule has 0 amide bonds. The van der Waals surface area contributed by atoms with Gasteiger partial charge >= 0.3 is 0 Å². The Kier molecular flexibility index (Phi) is 5.79. The van der Waals surface area contributed by atoms with Gasteiger partial charge in [-0.25, -0.2) is 0 Å². The third-order valence-corrected chi connectivity index (χ3v) is 2.46. The SMILES string of the molecule is CCC(C)CCSC(C)=O. The fraction of sp³-hybridized carbons (Fsp3) is 0.875. The van der Waals surface area contributed by atoms with Crippen LogP contribution in [-0.4, -0.2) is 10.9 Å². The maximum Gasteiger partial charge on any atom is 0.185 e. The fourth-order valence-corrected chi connectivity index (χ4v) is 1.42. The molecule has 0 heterocycles. The predicted molar refractivity (Wildman–Crippen MR) is 47.2 cm³/mol. The first-order chi connectivity index (χ1) is 4.66. The van der Waals surface area contributed by atoms with Crippen molar-refractivity contribution in [2.24, 2.45) is 5.92 Å². The maximum atomic E-state index is 10.5. The highest BCUT2D eigenvalue weighted by Gasteiger charge is 1.99. The van der Waals surface area contributed by atoms with Crippen LogP contribution >= 0.6 is 11.8 Å². The lowest BCUT2D eigenvalue weighted by Gasteiger charge is -2.04. The van der Waals surface area contributed by atoms with Crippen LogP contribution in [0, 0.1) is 5.92 Å². The molecule has 0 fully saturated rings. The Morgan fingerprint density at radius 2 is 2.20 bits per heavy atom. The monoisotopic (exact) mass is 160 g/mol. The van der Waals surface area contributed by atoms with Gasteiger partial charge in [-0.3, -0.25) is 4.79 Å². The van der Waals surface area contributed by atoms with E-state index in [1.165, 1.54) is 24.6 Å². The van der Waals surface area contributed by atoms with Crippen LogP contribution in [0.25, 0.3) is 0 Å². The summed E-state index contributed by atoms with van der Waals surface area (Å²) in [6.45, 7) is 6.03. The summed E-state index contributed by atoms with van der Waals surface area (Å²) in [7, 11) is 0. The van der Waals surface area contributed by atoms with Gasteiger partial charge in [0.1, 0.15) is 0 Å². The lowest BCUT2D eigenvalue weighted by molar-refractivity contribution is -0.109. The van der Waals surface area contributed by atoms with Gasteiger partial charge in [-0.15, -0.1) is 0 Å². The molecular weight excluding hydrogens is 144 g/mol. The number of rotatable bonds is 4. The lowest BCUT2D eigenvalue weighted by atomic mass is 10.1. The predicted octanol–water partition coefficient (Wildman–Crippen LogP) is 2.70. The van der Waals surface area contributed by atoms with E-state index in [1.807, 2.05) is 0 Å². The van der Waals surface area contributed by atoms with Gasteiger partial charge in [0.15, 0.2) is 5.12 Å². The molecule has 60 valence electrons. The van der Waals surface area contributed by atoms with Crippen LogP contribution in [0.5, 0.6) is 0 Å². The van der Waals surface area contributed by atoms with E-state index in [0.29, 0.717) is 0 Å². The summed E-state index contributed by atoms with van der Waals surface area (Å²) in [5.74, 6) is 1.76. The van der Waals surface area contributed by atoms with Crippen LogP contribution in [-0.2, 0) is 4.79 Å². The molecule has 0 aromatic carbocycles. The third kappa shape index (κ3) is 6.14. The van der Waals surface area contributed by atoms with Gasteiger partial charge in [0.05, 0.1) is 0 Å². The molecule has 0 bridgehead atoms. The van der Waals surface area contributed by atoms with Crippen molar-refractivity contribution in [3.8, 4) is 0 Å². The highest BCUT2D eigenvalue weighted by Crippen LogP contribution is 2.11. The minimum Gasteiger partial charge on any atom is -0.288 e. The molecule has 0 saturated carbocycles. The van der Waals surface area contributed by atoms with Gasteiger partial charge in [0.2, 0.25) is 0 Å². The van der Waals surface area contributed by atoms with Crippen molar-refractivity contribution in [1.82, 2.24) is 0 Å². The summed E-state index contributed by atoms with van der Waals surface area (Å²) in [5, 5.41) is 0.239. The van der Waals surface area contributed by atoms with Crippen molar-refractivity contribution in [3.63, 3.8) is 0 Å². The lowest BCUT2D eigenvalue weighted by Crippen LogP contribution is -1.95. The minimum atomic E-state index is 0.239. The first kappa shape index (κ1) is 10.0. The van der Waals surface area contributed by atoms with E-state index in [2.05, 4.69) is 13.8 Å². The molecule has 0 aliphatic carbocycles. The minimum absolute atomic E-state index is 0.239. The van der Waals surface area contributed by atoms with Gasteiger partial charge in [-0.05, 0) is 12.3 Å². The average molecular weight is 160 g/mol. The van der Waals surface area contributed by atoms with E-state index in [-0.39, 0.29) is 5.12 Å². The number of hydrogen-bond acceptors (Lipinski definition) is 2. The van der Waals surface area contributed by atoms with Crippen molar-refractivity contribution >= 4 is 16.9 Å². The second kappa shape index (κ2) is 5.78. The summed E-state index contributed by atoms with van der Waals surface area (Å²) < 4.78 is 0. The molecule has 0 aromatic heterocycles. The topological polar surface area (TPSA) is 17.1 Å². The van der Waals surface area contributed by atoms with Gasteiger partial charge in [-0.1, -0.05) is 32.0 Å². The van der Waals surface area contributed by atoms with Crippen molar-refractivity contribution in [3.05, 3.63) is 0 Å². The normalized spacial score (nSPS) is 13.1. The molecule has 0 aliphatic heterocycles.